The number of benzene rings is 2. The molecule has 3 rings (SSSR count). The molecule has 0 spiro atoms. The molecule has 1 aromatic heterocycles. The van der Waals surface area contributed by atoms with Crippen LogP contribution in [0.3, 0.4) is 0 Å². The number of aromatic nitrogens is 2. The zero-order chi connectivity index (χ0) is 22.0. The van der Waals surface area contributed by atoms with Crippen LogP contribution in [0.25, 0.3) is 16.6 Å². The minimum absolute atomic E-state index is 0.171. The number of para-hydroxylation sites is 1. The van der Waals surface area contributed by atoms with Gasteiger partial charge in [-0.2, -0.15) is 0 Å². The third kappa shape index (κ3) is 3.89. The summed E-state index contributed by atoms with van der Waals surface area (Å²) in [5, 5.41) is 0.452. The summed E-state index contributed by atoms with van der Waals surface area (Å²) >= 11 is 9.28. The van der Waals surface area contributed by atoms with Crippen molar-refractivity contribution in [3.05, 3.63) is 57.0 Å². The number of rotatable bonds is 6. The second-order valence-electron chi connectivity index (χ2n) is 6.60. The Labute approximate surface area is 187 Å². The summed E-state index contributed by atoms with van der Waals surface area (Å²) in [5.41, 5.74) is 0.756. The summed E-state index contributed by atoms with van der Waals surface area (Å²) in [4.78, 5) is 32.0. The van der Waals surface area contributed by atoms with Crippen molar-refractivity contribution in [1.82, 2.24) is 14.5 Å². The van der Waals surface area contributed by atoms with Crippen LogP contribution in [0, 0.1) is 0 Å². The van der Waals surface area contributed by atoms with Crippen LogP contribution in [-0.4, -0.2) is 47.5 Å². The van der Waals surface area contributed by atoms with Gasteiger partial charge in [0.05, 0.1) is 41.3 Å². The molecular weight excluding hydrogens is 474 g/mol. The first-order chi connectivity index (χ1) is 14.3. The average molecular weight is 495 g/mol. The number of hydrogen-bond acceptors (Lipinski definition) is 5. The van der Waals surface area contributed by atoms with E-state index in [4.69, 9.17) is 26.1 Å². The largest absolute Gasteiger partial charge is 0.497 e. The van der Waals surface area contributed by atoms with Crippen molar-refractivity contribution in [2.75, 3.05) is 27.1 Å². The van der Waals surface area contributed by atoms with Crippen molar-refractivity contribution in [2.24, 2.45) is 0 Å². The highest BCUT2D eigenvalue weighted by atomic mass is 79.9. The lowest BCUT2D eigenvalue weighted by Crippen LogP contribution is -2.35. The van der Waals surface area contributed by atoms with Gasteiger partial charge in [-0.1, -0.05) is 12.1 Å². The summed E-state index contributed by atoms with van der Waals surface area (Å²) in [6.45, 7) is 1.79. The Morgan fingerprint density at radius 1 is 1.27 bits per heavy atom. The van der Waals surface area contributed by atoms with Crippen molar-refractivity contribution in [2.45, 2.75) is 13.0 Å². The van der Waals surface area contributed by atoms with Gasteiger partial charge in [-0.3, -0.25) is 14.2 Å². The molecule has 1 atom stereocenters. The van der Waals surface area contributed by atoms with Gasteiger partial charge in [0.15, 0.2) is 0 Å². The molecule has 7 nitrogen and oxygen atoms in total. The first-order valence-electron chi connectivity index (χ1n) is 9.09. The quantitative estimate of drug-likeness (QED) is 0.486. The van der Waals surface area contributed by atoms with Crippen LogP contribution >= 0.6 is 27.5 Å². The molecule has 3 aromatic rings. The van der Waals surface area contributed by atoms with E-state index in [9.17, 15) is 9.59 Å². The van der Waals surface area contributed by atoms with Crippen LogP contribution in [0.5, 0.6) is 11.5 Å². The lowest BCUT2D eigenvalue weighted by atomic mass is 10.2. The van der Waals surface area contributed by atoms with Gasteiger partial charge in [0.1, 0.15) is 23.2 Å². The van der Waals surface area contributed by atoms with Gasteiger partial charge in [0.25, 0.3) is 5.56 Å². The van der Waals surface area contributed by atoms with Crippen LogP contribution in [0.15, 0.2) is 45.7 Å². The Bertz CT molecular complexity index is 1160. The van der Waals surface area contributed by atoms with Crippen molar-refractivity contribution >= 4 is 44.3 Å². The molecule has 0 N–H and O–H groups in total. The van der Waals surface area contributed by atoms with E-state index in [1.807, 2.05) is 6.07 Å². The predicted octanol–water partition coefficient (Wildman–Crippen LogP) is 3.92. The number of nitrogens with zero attached hydrogens (tertiary/aromatic N) is 3. The molecule has 1 amide bonds. The average Bonchev–Trinajstić information content (AvgIpc) is 2.78. The van der Waals surface area contributed by atoms with E-state index in [1.165, 1.54) is 23.7 Å². The Balaban J connectivity index is 2.40. The third-order valence-electron chi connectivity index (χ3n) is 4.95. The van der Waals surface area contributed by atoms with Gasteiger partial charge in [-0.25, -0.2) is 4.98 Å². The van der Waals surface area contributed by atoms with E-state index >= 15 is 0 Å². The lowest BCUT2D eigenvalue weighted by Gasteiger charge is -2.27. The Kier molecular flexibility index (Phi) is 6.67. The SMILES string of the molecule is COc1cc(OC)c(Br)c(-n2c(C(C)N(C)C(=O)CCl)nc3ccccc3c2=O)c1. The first-order valence-corrected chi connectivity index (χ1v) is 10.4. The van der Waals surface area contributed by atoms with E-state index in [0.717, 1.165) is 0 Å². The van der Waals surface area contributed by atoms with E-state index in [-0.39, 0.29) is 17.3 Å². The summed E-state index contributed by atoms with van der Waals surface area (Å²) in [6, 6.07) is 9.96. The molecule has 0 aliphatic carbocycles. The second kappa shape index (κ2) is 9.06. The van der Waals surface area contributed by atoms with Gasteiger partial charge >= 0.3 is 0 Å². The van der Waals surface area contributed by atoms with E-state index in [1.54, 1.807) is 44.3 Å². The maximum atomic E-state index is 13.6. The molecular formula is C21H21BrClN3O4. The lowest BCUT2D eigenvalue weighted by molar-refractivity contribution is -0.129. The van der Waals surface area contributed by atoms with Gasteiger partial charge in [0.2, 0.25) is 5.91 Å². The zero-order valence-electron chi connectivity index (χ0n) is 17.0. The predicted molar refractivity (Wildman–Crippen MR) is 120 cm³/mol. The number of fused-ring (bicyclic) bond motifs is 1. The summed E-state index contributed by atoms with van der Waals surface area (Å²) < 4.78 is 12.9. The molecule has 0 aliphatic rings. The van der Waals surface area contributed by atoms with Gasteiger partial charge < -0.3 is 14.4 Å². The molecule has 0 fully saturated rings. The van der Waals surface area contributed by atoms with Crippen molar-refractivity contribution in [3.8, 4) is 17.2 Å². The number of ether oxygens (including phenoxy) is 2. The normalized spacial score (nSPS) is 11.9. The highest BCUT2D eigenvalue weighted by molar-refractivity contribution is 9.10. The highest BCUT2D eigenvalue weighted by Crippen LogP contribution is 2.36. The second-order valence-corrected chi connectivity index (χ2v) is 7.66. The molecule has 1 heterocycles. The Morgan fingerprint density at radius 3 is 2.60 bits per heavy atom. The van der Waals surface area contributed by atoms with Crippen LogP contribution in [0.1, 0.15) is 18.8 Å². The number of alkyl halides is 1. The van der Waals surface area contributed by atoms with Gasteiger partial charge in [0, 0.05) is 19.2 Å². The summed E-state index contributed by atoms with van der Waals surface area (Å²) in [6.07, 6.45) is 0. The fraction of sp³-hybridized carbons (Fsp3) is 0.286. The van der Waals surface area contributed by atoms with Crippen LogP contribution < -0.4 is 15.0 Å². The number of hydrogen-bond donors (Lipinski definition) is 0. The van der Waals surface area contributed by atoms with Crippen LogP contribution in [0.2, 0.25) is 0 Å². The maximum absolute atomic E-state index is 13.6. The number of halogens is 2. The van der Waals surface area contributed by atoms with E-state index in [2.05, 4.69) is 15.9 Å². The molecule has 0 radical (unpaired) electrons. The molecule has 158 valence electrons. The monoisotopic (exact) mass is 493 g/mol. The Morgan fingerprint density at radius 2 is 1.97 bits per heavy atom. The standard InChI is InChI=1S/C21H21BrClN3O4/c1-12(25(2)18(27)11-23)20-24-15-8-6-5-7-14(15)21(28)26(20)16-9-13(29-3)10-17(30-4)19(16)22/h5-10,12H,11H2,1-4H3. The number of carbonyl (C=O) groups is 1. The molecule has 0 saturated carbocycles. The van der Waals surface area contributed by atoms with E-state index in [0.29, 0.717) is 38.4 Å². The van der Waals surface area contributed by atoms with Crippen molar-refractivity contribution in [1.29, 1.82) is 0 Å². The van der Waals surface area contributed by atoms with E-state index < -0.39 is 6.04 Å². The van der Waals surface area contributed by atoms with Gasteiger partial charge in [-0.15, -0.1) is 11.6 Å². The summed E-state index contributed by atoms with van der Waals surface area (Å²) in [5.74, 6) is 0.938. The molecule has 30 heavy (non-hydrogen) atoms. The molecule has 0 saturated heterocycles. The number of carbonyl (C=O) groups excluding carboxylic acids is 1. The van der Waals surface area contributed by atoms with Crippen LogP contribution in [-0.2, 0) is 4.79 Å². The number of methoxy groups -OCH3 is 2. The minimum atomic E-state index is -0.530. The van der Waals surface area contributed by atoms with Crippen molar-refractivity contribution < 1.29 is 14.3 Å². The molecule has 1 unspecified atom stereocenters. The smallest absolute Gasteiger partial charge is 0.266 e. The van der Waals surface area contributed by atoms with Crippen molar-refractivity contribution in [3.63, 3.8) is 0 Å². The highest BCUT2D eigenvalue weighted by Gasteiger charge is 2.25. The molecule has 9 heteroatoms. The molecule has 0 bridgehead atoms. The number of amides is 1. The molecule has 0 aliphatic heterocycles. The first kappa shape index (κ1) is 22.1. The zero-order valence-corrected chi connectivity index (χ0v) is 19.3. The Hall–Kier alpha value is -2.58. The fourth-order valence-electron chi connectivity index (χ4n) is 3.13. The molecule has 2 aromatic carbocycles. The van der Waals surface area contributed by atoms with Gasteiger partial charge in [-0.05, 0) is 35.0 Å². The summed E-state index contributed by atoms with van der Waals surface area (Å²) in [7, 11) is 4.69. The third-order valence-corrected chi connectivity index (χ3v) is 5.98. The fourth-order valence-corrected chi connectivity index (χ4v) is 3.89. The topological polar surface area (TPSA) is 73.7 Å². The van der Waals surface area contributed by atoms with Crippen LogP contribution in [0.4, 0.5) is 0 Å². The minimum Gasteiger partial charge on any atom is -0.497 e. The maximum Gasteiger partial charge on any atom is 0.266 e.